The van der Waals surface area contributed by atoms with E-state index in [1.807, 2.05) is 25.1 Å². The van der Waals surface area contributed by atoms with Crippen molar-refractivity contribution in [3.05, 3.63) is 34.3 Å². The second-order valence-corrected chi connectivity index (χ2v) is 4.30. The van der Waals surface area contributed by atoms with E-state index < -0.39 is 5.38 Å². The van der Waals surface area contributed by atoms with Crippen molar-refractivity contribution >= 4 is 29.0 Å². The Balaban J connectivity index is 2.78. The van der Waals surface area contributed by atoms with Gasteiger partial charge in [-0.2, -0.15) is 0 Å². The van der Waals surface area contributed by atoms with E-state index in [9.17, 15) is 4.79 Å². The summed E-state index contributed by atoms with van der Waals surface area (Å²) in [5.74, 6) is -0.0108. The van der Waals surface area contributed by atoms with Gasteiger partial charge in [0.15, 0.2) is 0 Å². The Hall–Kier alpha value is -0.530. The Labute approximate surface area is 94.0 Å². The lowest BCUT2D eigenvalue weighted by atomic mass is 10.1. The SMILES string of the molecule is CC(=O)C(Cl)Cc1ccc(C)c(Cl)c1. The number of hydrogen-bond donors (Lipinski definition) is 0. The number of rotatable bonds is 3. The summed E-state index contributed by atoms with van der Waals surface area (Å²) in [5.41, 5.74) is 2.03. The Bertz CT molecular complexity index is 347. The average Bonchev–Trinajstić information content (AvgIpc) is 2.11. The molecular formula is C11H12Cl2O. The van der Waals surface area contributed by atoms with Crippen molar-refractivity contribution in [1.82, 2.24) is 0 Å². The molecule has 14 heavy (non-hydrogen) atoms. The maximum Gasteiger partial charge on any atom is 0.147 e. The molecule has 0 aliphatic rings. The van der Waals surface area contributed by atoms with Gasteiger partial charge in [-0.25, -0.2) is 0 Å². The molecule has 0 bridgehead atoms. The zero-order valence-corrected chi connectivity index (χ0v) is 9.69. The van der Waals surface area contributed by atoms with Crippen LogP contribution in [-0.2, 0) is 11.2 Å². The van der Waals surface area contributed by atoms with E-state index in [1.54, 1.807) is 0 Å². The van der Waals surface area contributed by atoms with Crippen molar-refractivity contribution in [3.63, 3.8) is 0 Å². The van der Waals surface area contributed by atoms with Crippen LogP contribution in [-0.4, -0.2) is 11.2 Å². The topological polar surface area (TPSA) is 17.1 Å². The molecule has 0 aromatic heterocycles. The molecule has 1 atom stereocenters. The molecule has 76 valence electrons. The third-order valence-corrected chi connectivity index (χ3v) is 2.96. The molecule has 3 heteroatoms. The van der Waals surface area contributed by atoms with Crippen LogP contribution in [0.4, 0.5) is 0 Å². The highest BCUT2D eigenvalue weighted by atomic mass is 35.5. The maximum atomic E-state index is 10.9. The van der Waals surface area contributed by atoms with Gasteiger partial charge in [0.05, 0.1) is 5.38 Å². The van der Waals surface area contributed by atoms with Crippen LogP contribution >= 0.6 is 23.2 Å². The van der Waals surface area contributed by atoms with E-state index in [1.165, 1.54) is 6.92 Å². The van der Waals surface area contributed by atoms with Crippen LogP contribution in [0.1, 0.15) is 18.1 Å². The number of aryl methyl sites for hydroxylation is 1. The summed E-state index contributed by atoms with van der Waals surface area (Å²) in [6.07, 6.45) is 0.539. The second kappa shape index (κ2) is 4.81. The van der Waals surface area contributed by atoms with Crippen molar-refractivity contribution in [2.24, 2.45) is 0 Å². The fourth-order valence-corrected chi connectivity index (χ4v) is 1.50. The number of ketones is 1. The molecule has 1 aromatic carbocycles. The Morgan fingerprint density at radius 3 is 2.64 bits per heavy atom. The summed E-state index contributed by atoms with van der Waals surface area (Å²) in [6.45, 7) is 3.43. The summed E-state index contributed by atoms with van der Waals surface area (Å²) < 4.78 is 0. The molecule has 1 aromatic rings. The van der Waals surface area contributed by atoms with E-state index in [0.717, 1.165) is 16.1 Å². The van der Waals surface area contributed by atoms with Gasteiger partial charge in [-0.1, -0.05) is 23.7 Å². The smallest absolute Gasteiger partial charge is 0.147 e. The number of benzene rings is 1. The molecule has 0 N–H and O–H groups in total. The van der Waals surface area contributed by atoms with Crippen molar-refractivity contribution < 1.29 is 4.79 Å². The minimum Gasteiger partial charge on any atom is -0.298 e. The molecule has 1 unspecified atom stereocenters. The van der Waals surface area contributed by atoms with E-state index in [4.69, 9.17) is 23.2 Å². The van der Waals surface area contributed by atoms with Crippen LogP contribution in [0.2, 0.25) is 5.02 Å². The van der Waals surface area contributed by atoms with Crippen LogP contribution < -0.4 is 0 Å². The normalized spacial score (nSPS) is 12.6. The lowest BCUT2D eigenvalue weighted by molar-refractivity contribution is -0.116. The van der Waals surface area contributed by atoms with Gasteiger partial charge in [0.2, 0.25) is 0 Å². The van der Waals surface area contributed by atoms with Gasteiger partial charge in [-0.3, -0.25) is 4.79 Å². The predicted octanol–water partition coefficient (Wildman–Crippen LogP) is 3.39. The highest BCUT2D eigenvalue weighted by Gasteiger charge is 2.11. The molecular weight excluding hydrogens is 219 g/mol. The van der Waals surface area contributed by atoms with Crippen LogP contribution in [0, 0.1) is 6.92 Å². The third kappa shape index (κ3) is 3.00. The van der Waals surface area contributed by atoms with Crippen molar-refractivity contribution in [2.45, 2.75) is 25.6 Å². The van der Waals surface area contributed by atoms with E-state index in [-0.39, 0.29) is 5.78 Å². The zero-order valence-electron chi connectivity index (χ0n) is 8.18. The number of Topliss-reactive ketones (excluding diaryl/α,β-unsaturated/α-hetero) is 1. The minimum absolute atomic E-state index is 0.0108. The van der Waals surface area contributed by atoms with Crippen molar-refractivity contribution in [3.8, 4) is 0 Å². The van der Waals surface area contributed by atoms with Crippen LogP contribution in [0.5, 0.6) is 0 Å². The van der Waals surface area contributed by atoms with E-state index in [0.29, 0.717) is 6.42 Å². The monoisotopic (exact) mass is 230 g/mol. The number of halogens is 2. The zero-order chi connectivity index (χ0) is 10.7. The summed E-state index contributed by atoms with van der Waals surface area (Å²) in [5, 5.41) is 0.267. The van der Waals surface area contributed by atoms with E-state index >= 15 is 0 Å². The molecule has 0 aliphatic heterocycles. The minimum atomic E-state index is -0.450. The fraction of sp³-hybridized carbons (Fsp3) is 0.364. The molecule has 0 radical (unpaired) electrons. The summed E-state index contributed by atoms with van der Waals surface area (Å²) in [6, 6.07) is 5.73. The molecule has 0 aliphatic carbocycles. The van der Waals surface area contributed by atoms with Gasteiger partial charge in [0.25, 0.3) is 0 Å². The van der Waals surface area contributed by atoms with Crippen molar-refractivity contribution in [2.75, 3.05) is 0 Å². The molecule has 0 amide bonds. The Morgan fingerprint density at radius 2 is 2.14 bits per heavy atom. The van der Waals surface area contributed by atoms with Gasteiger partial charge in [0.1, 0.15) is 5.78 Å². The summed E-state index contributed by atoms with van der Waals surface area (Å²) >= 11 is 11.8. The first-order valence-corrected chi connectivity index (χ1v) is 5.21. The first kappa shape index (κ1) is 11.5. The molecule has 0 heterocycles. The fourth-order valence-electron chi connectivity index (χ4n) is 1.11. The highest BCUT2D eigenvalue weighted by Crippen LogP contribution is 2.18. The number of hydrogen-bond acceptors (Lipinski definition) is 1. The lowest BCUT2D eigenvalue weighted by Gasteiger charge is -2.06. The molecule has 0 saturated heterocycles. The lowest BCUT2D eigenvalue weighted by Crippen LogP contribution is -2.13. The standard InChI is InChI=1S/C11H12Cl2O/c1-7-3-4-9(5-10(7)12)6-11(13)8(2)14/h3-5,11H,6H2,1-2H3. The number of alkyl halides is 1. The largest absolute Gasteiger partial charge is 0.298 e. The average molecular weight is 231 g/mol. The molecule has 1 nitrogen and oxygen atoms in total. The highest BCUT2D eigenvalue weighted by molar-refractivity contribution is 6.31. The second-order valence-electron chi connectivity index (χ2n) is 3.37. The first-order valence-electron chi connectivity index (χ1n) is 4.40. The van der Waals surface area contributed by atoms with Gasteiger partial charge < -0.3 is 0 Å². The molecule has 0 saturated carbocycles. The van der Waals surface area contributed by atoms with Crippen LogP contribution in [0.15, 0.2) is 18.2 Å². The molecule has 1 rings (SSSR count). The maximum absolute atomic E-state index is 10.9. The summed E-state index contributed by atoms with van der Waals surface area (Å²) in [4.78, 5) is 10.9. The number of carbonyl (C=O) groups is 1. The molecule has 0 fully saturated rings. The Morgan fingerprint density at radius 1 is 1.50 bits per heavy atom. The van der Waals surface area contributed by atoms with Crippen molar-refractivity contribution in [1.29, 1.82) is 0 Å². The van der Waals surface area contributed by atoms with Gasteiger partial charge >= 0.3 is 0 Å². The van der Waals surface area contributed by atoms with Crippen LogP contribution in [0.3, 0.4) is 0 Å². The predicted molar refractivity (Wildman–Crippen MR) is 60.2 cm³/mol. The Kier molecular flexibility index (Phi) is 3.97. The van der Waals surface area contributed by atoms with Crippen LogP contribution in [0.25, 0.3) is 0 Å². The van der Waals surface area contributed by atoms with Gasteiger partial charge in [0, 0.05) is 5.02 Å². The first-order chi connectivity index (χ1) is 6.50. The van der Waals surface area contributed by atoms with Gasteiger partial charge in [-0.15, -0.1) is 11.6 Å². The third-order valence-electron chi connectivity index (χ3n) is 2.09. The summed E-state index contributed by atoms with van der Waals surface area (Å²) in [7, 11) is 0. The quantitative estimate of drug-likeness (QED) is 0.728. The van der Waals surface area contributed by atoms with Gasteiger partial charge in [-0.05, 0) is 37.5 Å². The van der Waals surface area contributed by atoms with E-state index in [2.05, 4.69) is 0 Å². The molecule has 0 spiro atoms. The number of carbonyl (C=O) groups excluding carboxylic acids is 1.